The maximum absolute atomic E-state index is 12.5. The predicted molar refractivity (Wildman–Crippen MR) is 79.0 cm³/mol. The molecular weight excluding hydrogens is 307 g/mol. The molecule has 1 aromatic carbocycles. The van der Waals surface area contributed by atoms with Crippen LogP contribution in [0.4, 0.5) is 24.7 Å². The molecule has 0 aliphatic carbocycles. The van der Waals surface area contributed by atoms with Crippen LogP contribution in [0.1, 0.15) is 5.56 Å². The first-order chi connectivity index (χ1) is 10.9. The highest BCUT2D eigenvalue weighted by Gasteiger charge is 2.30. The number of rotatable bonds is 3. The number of hydrogen-bond acceptors (Lipinski definition) is 4. The lowest BCUT2D eigenvalue weighted by atomic mass is 10.1. The maximum atomic E-state index is 12.5. The molecule has 0 bridgehead atoms. The average Bonchev–Trinajstić information content (AvgIpc) is 2.94. The third-order valence-electron chi connectivity index (χ3n) is 3.12. The van der Waals surface area contributed by atoms with Gasteiger partial charge >= 0.3 is 6.18 Å². The second kappa shape index (κ2) is 5.71. The van der Waals surface area contributed by atoms with Gasteiger partial charge in [0.05, 0.1) is 11.8 Å². The van der Waals surface area contributed by atoms with Crippen LogP contribution in [0.3, 0.4) is 0 Å². The zero-order valence-electron chi connectivity index (χ0n) is 12.0. The molecule has 118 valence electrons. The number of anilines is 2. The highest BCUT2D eigenvalue weighted by atomic mass is 19.4. The third kappa shape index (κ3) is 3.47. The number of benzene rings is 1. The van der Waals surface area contributed by atoms with Gasteiger partial charge in [0.25, 0.3) is 0 Å². The lowest BCUT2D eigenvalue weighted by Crippen LogP contribution is -2.05. The fraction of sp³-hybridized carbons (Fsp3) is 0.133. The second-order valence-electron chi connectivity index (χ2n) is 4.91. The Balaban J connectivity index is 1.80. The third-order valence-corrected chi connectivity index (χ3v) is 3.12. The summed E-state index contributed by atoms with van der Waals surface area (Å²) in [5, 5.41) is 10.9. The lowest BCUT2D eigenvalue weighted by Gasteiger charge is -2.09. The molecule has 0 amide bonds. The first-order valence-electron chi connectivity index (χ1n) is 6.69. The molecule has 0 unspecified atom stereocenters. The minimum Gasteiger partial charge on any atom is -0.340 e. The number of halogens is 3. The van der Waals surface area contributed by atoms with Gasteiger partial charge in [-0.3, -0.25) is 4.68 Å². The van der Waals surface area contributed by atoms with Crippen LogP contribution in [0.25, 0.3) is 11.3 Å². The zero-order valence-corrected chi connectivity index (χ0v) is 12.0. The van der Waals surface area contributed by atoms with Crippen molar-refractivity contribution in [3.8, 4) is 11.3 Å². The highest BCUT2D eigenvalue weighted by Crippen LogP contribution is 2.29. The van der Waals surface area contributed by atoms with E-state index in [1.165, 1.54) is 6.07 Å². The summed E-state index contributed by atoms with van der Waals surface area (Å²) in [6, 6.07) is 9.58. The second-order valence-corrected chi connectivity index (χ2v) is 4.91. The molecule has 0 fully saturated rings. The number of nitrogens with zero attached hydrogens (tertiary/aromatic N) is 4. The SMILES string of the molecule is Cn1cc(-c2cccc(Nc3ccc(C(F)(F)F)cn3)c2)nn1. The first-order valence-corrected chi connectivity index (χ1v) is 6.69. The fourth-order valence-electron chi connectivity index (χ4n) is 2.02. The summed E-state index contributed by atoms with van der Waals surface area (Å²) in [6.45, 7) is 0. The summed E-state index contributed by atoms with van der Waals surface area (Å²) in [4.78, 5) is 3.78. The molecule has 1 N–H and O–H groups in total. The van der Waals surface area contributed by atoms with E-state index < -0.39 is 11.7 Å². The Morgan fingerprint density at radius 3 is 2.57 bits per heavy atom. The van der Waals surface area contributed by atoms with Gasteiger partial charge in [-0.15, -0.1) is 5.10 Å². The molecule has 3 rings (SSSR count). The van der Waals surface area contributed by atoms with Crippen LogP contribution in [0, 0.1) is 0 Å². The van der Waals surface area contributed by atoms with E-state index in [1.807, 2.05) is 18.2 Å². The van der Waals surface area contributed by atoms with Crippen LogP contribution in [-0.4, -0.2) is 20.0 Å². The summed E-state index contributed by atoms with van der Waals surface area (Å²) in [5.74, 6) is 0.328. The van der Waals surface area contributed by atoms with Crippen LogP contribution in [0.2, 0.25) is 0 Å². The summed E-state index contributed by atoms with van der Waals surface area (Å²) in [5.41, 5.74) is 1.46. The Hall–Kier alpha value is -2.90. The summed E-state index contributed by atoms with van der Waals surface area (Å²) >= 11 is 0. The number of pyridine rings is 1. The van der Waals surface area contributed by atoms with Crippen LogP contribution in [-0.2, 0) is 13.2 Å². The Bertz CT molecular complexity index is 808. The van der Waals surface area contributed by atoms with E-state index in [4.69, 9.17) is 0 Å². The Morgan fingerprint density at radius 1 is 1.13 bits per heavy atom. The van der Waals surface area contributed by atoms with Gasteiger partial charge in [-0.2, -0.15) is 13.2 Å². The lowest BCUT2D eigenvalue weighted by molar-refractivity contribution is -0.137. The van der Waals surface area contributed by atoms with Crippen molar-refractivity contribution < 1.29 is 13.2 Å². The van der Waals surface area contributed by atoms with E-state index >= 15 is 0 Å². The molecule has 2 aromatic heterocycles. The standard InChI is InChI=1S/C15H12F3N5/c1-23-9-13(21-22-23)10-3-2-4-12(7-10)20-14-6-5-11(8-19-14)15(16,17)18/h2-9H,1H3,(H,19,20). The van der Waals surface area contributed by atoms with Crippen LogP contribution in [0.5, 0.6) is 0 Å². The van der Waals surface area contributed by atoms with Gasteiger partial charge in [-0.05, 0) is 24.3 Å². The largest absolute Gasteiger partial charge is 0.417 e. The molecule has 2 heterocycles. The van der Waals surface area contributed by atoms with Gasteiger partial charge in [-0.25, -0.2) is 4.98 Å². The summed E-state index contributed by atoms with van der Waals surface area (Å²) in [6.07, 6.45) is -1.82. The maximum Gasteiger partial charge on any atom is 0.417 e. The van der Waals surface area contributed by atoms with Gasteiger partial charge < -0.3 is 5.32 Å². The Morgan fingerprint density at radius 2 is 1.96 bits per heavy atom. The monoisotopic (exact) mass is 319 g/mol. The Labute approximate surface area is 129 Å². The first kappa shape index (κ1) is 15.0. The average molecular weight is 319 g/mol. The molecule has 0 saturated heterocycles. The molecular formula is C15H12F3N5. The van der Waals surface area contributed by atoms with E-state index in [0.29, 0.717) is 17.2 Å². The van der Waals surface area contributed by atoms with E-state index in [-0.39, 0.29) is 0 Å². The molecule has 0 saturated carbocycles. The van der Waals surface area contributed by atoms with Gasteiger partial charge in [0.2, 0.25) is 0 Å². The van der Waals surface area contributed by atoms with Crippen molar-refractivity contribution in [2.24, 2.45) is 7.05 Å². The van der Waals surface area contributed by atoms with Crippen molar-refractivity contribution in [2.75, 3.05) is 5.32 Å². The molecule has 0 atom stereocenters. The number of aromatic nitrogens is 4. The van der Waals surface area contributed by atoms with Crippen molar-refractivity contribution in [1.29, 1.82) is 0 Å². The van der Waals surface area contributed by atoms with Gasteiger partial charge in [-0.1, -0.05) is 17.3 Å². The highest BCUT2D eigenvalue weighted by molar-refractivity contribution is 5.67. The normalized spacial score (nSPS) is 11.5. The molecule has 0 spiro atoms. The predicted octanol–water partition coefficient (Wildman–Crippen LogP) is 3.64. The number of nitrogens with one attached hydrogen (secondary N) is 1. The van der Waals surface area contributed by atoms with Crippen molar-refractivity contribution in [1.82, 2.24) is 20.0 Å². The molecule has 0 aliphatic rings. The van der Waals surface area contributed by atoms with Crippen molar-refractivity contribution in [2.45, 2.75) is 6.18 Å². The van der Waals surface area contributed by atoms with Crippen molar-refractivity contribution >= 4 is 11.5 Å². The van der Waals surface area contributed by atoms with E-state index in [1.54, 1.807) is 24.0 Å². The van der Waals surface area contributed by atoms with Crippen molar-refractivity contribution in [3.63, 3.8) is 0 Å². The van der Waals surface area contributed by atoms with E-state index in [9.17, 15) is 13.2 Å². The number of hydrogen-bond donors (Lipinski definition) is 1. The number of alkyl halides is 3. The number of aryl methyl sites for hydroxylation is 1. The quantitative estimate of drug-likeness (QED) is 0.801. The van der Waals surface area contributed by atoms with Crippen LogP contribution in [0.15, 0.2) is 48.8 Å². The molecule has 23 heavy (non-hydrogen) atoms. The molecule has 0 radical (unpaired) electrons. The smallest absolute Gasteiger partial charge is 0.340 e. The van der Waals surface area contributed by atoms with E-state index in [2.05, 4.69) is 20.6 Å². The van der Waals surface area contributed by atoms with Crippen LogP contribution < -0.4 is 5.32 Å². The Kier molecular flexibility index (Phi) is 3.73. The van der Waals surface area contributed by atoms with Gasteiger partial charge in [0, 0.05) is 24.5 Å². The fourth-order valence-corrected chi connectivity index (χ4v) is 2.02. The van der Waals surface area contributed by atoms with Gasteiger partial charge in [0.1, 0.15) is 11.5 Å². The van der Waals surface area contributed by atoms with Crippen LogP contribution >= 0.6 is 0 Å². The zero-order chi connectivity index (χ0) is 16.4. The molecule has 0 aliphatic heterocycles. The van der Waals surface area contributed by atoms with Gasteiger partial charge in [0.15, 0.2) is 0 Å². The molecule has 3 aromatic rings. The summed E-state index contributed by atoms with van der Waals surface area (Å²) < 4.78 is 39.1. The molecule has 5 nitrogen and oxygen atoms in total. The molecule has 8 heteroatoms. The topological polar surface area (TPSA) is 55.6 Å². The minimum atomic E-state index is -4.39. The summed E-state index contributed by atoms with van der Waals surface area (Å²) in [7, 11) is 1.77. The van der Waals surface area contributed by atoms with Crippen molar-refractivity contribution in [3.05, 3.63) is 54.4 Å². The minimum absolute atomic E-state index is 0.328. The van der Waals surface area contributed by atoms with E-state index in [0.717, 1.165) is 17.8 Å².